The number of aryl methyl sites for hydroxylation is 1. The minimum atomic E-state index is -0.344. The fraction of sp³-hybridized carbons (Fsp3) is 0.333. The summed E-state index contributed by atoms with van der Waals surface area (Å²) in [7, 11) is 0. The number of aromatic nitrogens is 3. The van der Waals surface area contributed by atoms with Crippen LogP contribution in [0.4, 0.5) is 10.1 Å². The molecule has 34 heavy (non-hydrogen) atoms. The van der Waals surface area contributed by atoms with Crippen molar-refractivity contribution >= 4 is 29.3 Å². The van der Waals surface area contributed by atoms with Crippen LogP contribution in [0.3, 0.4) is 0 Å². The molecular formula is C24H27FN6O2S. The van der Waals surface area contributed by atoms with Crippen LogP contribution in [0.1, 0.15) is 11.4 Å². The SMILES string of the molecule is Cc1nnc(SCC(=O)N2CCN(CC(=O)Nc3ccc(F)cc3)CC2)n1Cc1ccccc1. The quantitative estimate of drug-likeness (QED) is 0.497. The minimum Gasteiger partial charge on any atom is -0.339 e. The van der Waals surface area contributed by atoms with E-state index in [1.165, 1.54) is 36.0 Å². The van der Waals surface area contributed by atoms with Gasteiger partial charge in [0.05, 0.1) is 18.8 Å². The van der Waals surface area contributed by atoms with Gasteiger partial charge in [0.1, 0.15) is 11.6 Å². The molecule has 0 unspecified atom stereocenters. The molecule has 2 amide bonds. The molecular weight excluding hydrogens is 455 g/mol. The summed E-state index contributed by atoms with van der Waals surface area (Å²) in [5, 5.41) is 11.9. The van der Waals surface area contributed by atoms with Crippen LogP contribution in [0.15, 0.2) is 59.8 Å². The van der Waals surface area contributed by atoms with Crippen LogP contribution in [-0.2, 0) is 16.1 Å². The van der Waals surface area contributed by atoms with Gasteiger partial charge < -0.3 is 14.8 Å². The zero-order valence-corrected chi connectivity index (χ0v) is 19.8. The maximum absolute atomic E-state index is 13.0. The first-order valence-electron chi connectivity index (χ1n) is 11.1. The Balaban J connectivity index is 1.22. The van der Waals surface area contributed by atoms with Crippen LogP contribution in [0.25, 0.3) is 0 Å². The van der Waals surface area contributed by atoms with Gasteiger partial charge in [0.25, 0.3) is 0 Å². The molecule has 0 spiro atoms. The summed E-state index contributed by atoms with van der Waals surface area (Å²) >= 11 is 1.40. The van der Waals surface area contributed by atoms with E-state index in [9.17, 15) is 14.0 Å². The molecule has 0 atom stereocenters. The average molecular weight is 483 g/mol. The third kappa shape index (κ3) is 6.42. The number of thioether (sulfide) groups is 1. The van der Waals surface area contributed by atoms with Crippen LogP contribution < -0.4 is 5.32 Å². The largest absolute Gasteiger partial charge is 0.339 e. The van der Waals surface area contributed by atoms with Gasteiger partial charge in [-0.1, -0.05) is 42.1 Å². The Hall–Kier alpha value is -3.24. The number of nitrogens with one attached hydrogen (secondary N) is 1. The maximum Gasteiger partial charge on any atom is 0.238 e. The van der Waals surface area contributed by atoms with Gasteiger partial charge in [-0.15, -0.1) is 10.2 Å². The van der Waals surface area contributed by atoms with E-state index in [0.29, 0.717) is 38.4 Å². The lowest BCUT2D eigenvalue weighted by atomic mass is 10.2. The molecule has 2 aromatic carbocycles. The van der Waals surface area contributed by atoms with Crippen molar-refractivity contribution in [2.24, 2.45) is 0 Å². The lowest BCUT2D eigenvalue weighted by Gasteiger charge is -2.34. The standard InChI is InChI=1S/C24H27FN6O2S/c1-18-27-28-24(31(18)15-19-5-3-2-4-6-19)34-17-23(33)30-13-11-29(12-14-30)16-22(32)26-21-9-7-20(25)8-10-21/h2-10H,11-17H2,1H3,(H,26,32). The minimum absolute atomic E-state index is 0.0485. The zero-order valence-electron chi connectivity index (χ0n) is 19.0. The molecule has 1 aliphatic rings. The number of nitrogens with zero attached hydrogens (tertiary/aromatic N) is 5. The van der Waals surface area contributed by atoms with Crippen LogP contribution in [0.2, 0.25) is 0 Å². The van der Waals surface area contributed by atoms with Crippen LogP contribution in [0.5, 0.6) is 0 Å². The van der Waals surface area contributed by atoms with Crippen molar-refractivity contribution in [3.05, 3.63) is 71.8 Å². The number of hydrogen-bond donors (Lipinski definition) is 1. The van der Waals surface area contributed by atoms with Crippen LogP contribution in [0, 0.1) is 12.7 Å². The molecule has 0 aliphatic carbocycles. The molecule has 0 saturated carbocycles. The summed E-state index contributed by atoms with van der Waals surface area (Å²) in [6.07, 6.45) is 0. The molecule has 1 aliphatic heterocycles. The second-order valence-corrected chi connectivity index (χ2v) is 9.04. The molecule has 178 valence electrons. The fourth-order valence-electron chi connectivity index (χ4n) is 3.73. The molecule has 8 nitrogen and oxygen atoms in total. The normalized spacial score (nSPS) is 14.2. The van der Waals surface area contributed by atoms with Crippen molar-refractivity contribution in [2.45, 2.75) is 18.6 Å². The van der Waals surface area contributed by atoms with E-state index in [1.807, 2.05) is 39.5 Å². The highest BCUT2D eigenvalue weighted by Crippen LogP contribution is 2.19. The molecule has 1 aromatic heterocycles. The number of hydrogen-bond acceptors (Lipinski definition) is 6. The number of anilines is 1. The highest BCUT2D eigenvalue weighted by Gasteiger charge is 2.23. The number of benzene rings is 2. The van der Waals surface area contributed by atoms with Gasteiger partial charge in [0.2, 0.25) is 11.8 Å². The van der Waals surface area contributed by atoms with Crippen molar-refractivity contribution in [1.82, 2.24) is 24.6 Å². The van der Waals surface area contributed by atoms with Gasteiger partial charge in [-0.25, -0.2) is 4.39 Å². The maximum atomic E-state index is 13.0. The third-order valence-electron chi connectivity index (χ3n) is 5.63. The first-order chi connectivity index (χ1) is 16.5. The first-order valence-corrected chi connectivity index (χ1v) is 12.1. The van der Waals surface area contributed by atoms with Crippen molar-refractivity contribution in [1.29, 1.82) is 0 Å². The number of carbonyl (C=O) groups is 2. The van der Waals surface area contributed by atoms with Crippen molar-refractivity contribution < 1.29 is 14.0 Å². The van der Waals surface area contributed by atoms with Crippen molar-refractivity contribution in [3.63, 3.8) is 0 Å². The molecule has 3 aromatic rings. The number of halogens is 1. The summed E-state index contributed by atoms with van der Waals surface area (Å²) in [5.74, 6) is 0.648. The molecule has 1 saturated heterocycles. The van der Waals surface area contributed by atoms with Crippen molar-refractivity contribution in [3.8, 4) is 0 Å². The van der Waals surface area contributed by atoms with E-state index in [0.717, 1.165) is 16.5 Å². The zero-order chi connectivity index (χ0) is 23.9. The van der Waals surface area contributed by atoms with Gasteiger partial charge in [0.15, 0.2) is 5.16 Å². The smallest absolute Gasteiger partial charge is 0.238 e. The Labute approximate surface area is 202 Å². The monoisotopic (exact) mass is 482 g/mol. The molecule has 1 fully saturated rings. The molecule has 2 heterocycles. The molecule has 4 rings (SSSR count). The van der Waals surface area contributed by atoms with E-state index >= 15 is 0 Å². The summed E-state index contributed by atoms with van der Waals surface area (Å²) in [6, 6.07) is 15.8. The Morgan fingerprint density at radius 2 is 1.71 bits per heavy atom. The summed E-state index contributed by atoms with van der Waals surface area (Å²) < 4.78 is 15.0. The van der Waals surface area contributed by atoms with Gasteiger partial charge in [-0.2, -0.15) is 0 Å². The Morgan fingerprint density at radius 3 is 2.41 bits per heavy atom. The topological polar surface area (TPSA) is 83.4 Å². The highest BCUT2D eigenvalue weighted by molar-refractivity contribution is 7.99. The van der Waals surface area contributed by atoms with Gasteiger partial charge in [0, 0.05) is 31.9 Å². The fourth-order valence-corrected chi connectivity index (χ4v) is 4.61. The highest BCUT2D eigenvalue weighted by atomic mass is 32.2. The summed E-state index contributed by atoms with van der Waals surface area (Å²) in [6.45, 7) is 5.18. The van der Waals surface area contributed by atoms with E-state index in [4.69, 9.17) is 0 Å². The molecule has 0 bridgehead atoms. The van der Waals surface area contributed by atoms with Crippen LogP contribution in [-0.4, -0.2) is 74.9 Å². The first kappa shape index (κ1) is 23.9. The molecule has 1 N–H and O–H groups in total. The van der Waals surface area contributed by atoms with Gasteiger partial charge >= 0.3 is 0 Å². The van der Waals surface area contributed by atoms with Crippen molar-refractivity contribution in [2.75, 3.05) is 43.8 Å². The van der Waals surface area contributed by atoms with E-state index in [1.54, 1.807) is 0 Å². The Kier molecular flexibility index (Phi) is 7.91. The number of piperazine rings is 1. The molecule has 0 radical (unpaired) electrons. The number of rotatable bonds is 8. The summed E-state index contributed by atoms with van der Waals surface area (Å²) in [5.41, 5.74) is 1.71. The Morgan fingerprint density at radius 1 is 1.00 bits per heavy atom. The summed E-state index contributed by atoms with van der Waals surface area (Å²) in [4.78, 5) is 28.9. The van der Waals surface area contributed by atoms with Gasteiger partial charge in [-0.05, 0) is 36.8 Å². The lowest BCUT2D eigenvalue weighted by molar-refractivity contribution is -0.130. The second kappa shape index (κ2) is 11.3. The second-order valence-electron chi connectivity index (χ2n) is 8.10. The lowest BCUT2D eigenvalue weighted by Crippen LogP contribution is -2.50. The van der Waals surface area contributed by atoms with Gasteiger partial charge in [-0.3, -0.25) is 14.5 Å². The third-order valence-corrected chi connectivity index (χ3v) is 6.58. The van der Waals surface area contributed by atoms with Crippen LogP contribution >= 0.6 is 11.8 Å². The average Bonchev–Trinajstić information content (AvgIpc) is 3.19. The number of carbonyl (C=O) groups excluding carboxylic acids is 2. The molecule has 10 heteroatoms. The van der Waals surface area contributed by atoms with E-state index in [2.05, 4.69) is 27.6 Å². The Bertz CT molecular complexity index is 1110. The van der Waals surface area contributed by atoms with E-state index in [-0.39, 0.29) is 29.9 Å². The predicted octanol–water partition coefficient (Wildman–Crippen LogP) is 2.65. The number of amides is 2. The van der Waals surface area contributed by atoms with E-state index < -0.39 is 0 Å². The predicted molar refractivity (Wildman–Crippen MR) is 129 cm³/mol.